The summed E-state index contributed by atoms with van der Waals surface area (Å²) in [6.07, 6.45) is 1.38. The first-order valence-corrected chi connectivity index (χ1v) is 7.77. The molecule has 1 aromatic rings. The highest BCUT2D eigenvalue weighted by molar-refractivity contribution is 9.11. The van der Waals surface area contributed by atoms with Gasteiger partial charge in [-0.1, -0.05) is 0 Å². The summed E-state index contributed by atoms with van der Waals surface area (Å²) in [7, 11) is -3.48. The van der Waals surface area contributed by atoms with E-state index in [1.54, 1.807) is 12.1 Å². The summed E-state index contributed by atoms with van der Waals surface area (Å²) in [5.41, 5.74) is 0. The molecule has 1 fully saturated rings. The molecule has 0 radical (unpaired) electrons. The quantitative estimate of drug-likeness (QED) is 0.839. The third-order valence-electron chi connectivity index (χ3n) is 2.46. The molecule has 16 heavy (non-hydrogen) atoms. The van der Waals surface area contributed by atoms with Gasteiger partial charge in [-0.05, 0) is 40.9 Å². The maximum absolute atomic E-state index is 12.2. The zero-order chi connectivity index (χ0) is 11.8. The molecule has 0 amide bonds. The molecule has 0 bridgehead atoms. The maximum atomic E-state index is 12.2. The van der Waals surface area contributed by atoms with E-state index >= 15 is 0 Å². The van der Waals surface area contributed by atoms with Crippen molar-refractivity contribution >= 4 is 37.3 Å². The lowest BCUT2D eigenvalue weighted by molar-refractivity contribution is 0.439. The van der Waals surface area contributed by atoms with E-state index in [9.17, 15) is 8.42 Å². The van der Waals surface area contributed by atoms with E-state index in [0.29, 0.717) is 17.2 Å². The largest absolute Gasteiger partial charge is 0.253 e. The Kier molecular flexibility index (Phi) is 3.35. The van der Waals surface area contributed by atoms with E-state index < -0.39 is 16.1 Å². The summed E-state index contributed by atoms with van der Waals surface area (Å²) in [5, 5.41) is 8.89. The Morgan fingerprint density at radius 1 is 1.56 bits per heavy atom. The van der Waals surface area contributed by atoms with Crippen LogP contribution in [0.1, 0.15) is 12.8 Å². The highest BCUT2D eigenvalue weighted by atomic mass is 79.9. The first-order valence-electron chi connectivity index (χ1n) is 4.72. The minimum atomic E-state index is -3.48. The first-order chi connectivity index (χ1) is 7.55. The predicted molar refractivity (Wildman–Crippen MR) is 64.5 cm³/mol. The predicted octanol–water partition coefficient (Wildman–Crippen LogP) is 2.19. The molecule has 2 heterocycles. The lowest BCUT2D eigenvalue weighted by atomic mass is 10.2. The zero-order valence-corrected chi connectivity index (χ0v) is 11.5. The van der Waals surface area contributed by atoms with Crippen molar-refractivity contribution in [3.05, 3.63) is 15.9 Å². The molecule has 0 aromatic carbocycles. The Morgan fingerprint density at radius 2 is 2.31 bits per heavy atom. The third-order valence-corrected chi connectivity index (χ3v) is 6.46. The minimum absolute atomic E-state index is 0.293. The molecule has 1 aromatic heterocycles. The van der Waals surface area contributed by atoms with E-state index in [4.69, 9.17) is 5.26 Å². The van der Waals surface area contributed by atoms with Crippen LogP contribution in [0.4, 0.5) is 0 Å². The van der Waals surface area contributed by atoms with Crippen LogP contribution < -0.4 is 0 Å². The Hall–Kier alpha value is -0.420. The number of rotatable bonds is 2. The zero-order valence-electron chi connectivity index (χ0n) is 8.26. The van der Waals surface area contributed by atoms with Crippen molar-refractivity contribution in [1.82, 2.24) is 4.31 Å². The number of nitriles is 1. The van der Waals surface area contributed by atoms with Crippen molar-refractivity contribution < 1.29 is 8.42 Å². The van der Waals surface area contributed by atoms with Crippen LogP contribution >= 0.6 is 27.3 Å². The number of halogens is 1. The molecule has 1 atom stereocenters. The van der Waals surface area contributed by atoms with E-state index in [-0.39, 0.29) is 0 Å². The van der Waals surface area contributed by atoms with E-state index in [1.165, 1.54) is 15.6 Å². The van der Waals surface area contributed by atoms with Crippen LogP contribution in [0.3, 0.4) is 0 Å². The van der Waals surface area contributed by atoms with Gasteiger partial charge in [-0.25, -0.2) is 8.42 Å². The number of hydrogen-bond donors (Lipinski definition) is 0. The Morgan fingerprint density at radius 3 is 2.88 bits per heavy atom. The summed E-state index contributed by atoms with van der Waals surface area (Å²) in [5.74, 6) is 0. The fraction of sp³-hybridized carbons (Fsp3) is 0.444. The molecule has 1 aliphatic heterocycles. The minimum Gasteiger partial charge on any atom is -0.206 e. The molecule has 0 aliphatic carbocycles. The molecule has 4 nitrogen and oxygen atoms in total. The van der Waals surface area contributed by atoms with Crippen molar-refractivity contribution in [2.24, 2.45) is 0 Å². The molecule has 0 spiro atoms. The van der Waals surface area contributed by atoms with E-state index in [0.717, 1.165) is 10.2 Å². The Balaban J connectivity index is 2.36. The van der Waals surface area contributed by atoms with Gasteiger partial charge < -0.3 is 0 Å². The van der Waals surface area contributed by atoms with Crippen molar-refractivity contribution in [3.63, 3.8) is 0 Å². The fourth-order valence-electron chi connectivity index (χ4n) is 1.71. The Labute approximate surface area is 107 Å². The smallest absolute Gasteiger partial charge is 0.206 e. The van der Waals surface area contributed by atoms with Gasteiger partial charge in [0.1, 0.15) is 10.3 Å². The first kappa shape index (κ1) is 12.0. The van der Waals surface area contributed by atoms with Crippen molar-refractivity contribution in [3.8, 4) is 6.07 Å². The number of thiophene rings is 1. The molecule has 2 rings (SSSR count). The van der Waals surface area contributed by atoms with Gasteiger partial charge in [-0.2, -0.15) is 9.57 Å². The second kappa shape index (κ2) is 4.45. The normalized spacial score (nSPS) is 22.1. The van der Waals surface area contributed by atoms with Crippen molar-refractivity contribution in [2.75, 3.05) is 6.54 Å². The van der Waals surface area contributed by atoms with Crippen LogP contribution in [0.5, 0.6) is 0 Å². The van der Waals surface area contributed by atoms with Gasteiger partial charge in [-0.15, -0.1) is 11.3 Å². The lowest BCUT2D eigenvalue weighted by Gasteiger charge is -2.17. The van der Waals surface area contributed by atoms with Gasteiger partial charge in [0.2, 0.25) is 0 Å². The molecule has 1 aliphatic rings. The average Bonchev–Trinajstić information content (AvgIpc) is 2.85. The van der Waals surface area contributed by atoms with Crippen LogP contribution in [0, 0.1) is 11.3 Å². The van der Waals surface area contributed by atoms with Crippen molar-refractivity contribution in [1.29, 1.82) is 5.26 Å². The van der Waals surface area contributed by atoms with Crippen LogP contribution in [-0.2, 0) is 10.0 Å². The van der Waals surface area contributed by atoms with Gasteiger partial charge in [0.15, 0.2) is 0 Å². The molecule has 7 heteroatoms. The number of sulfonamides is 1. The van der Waals surface area contributed by atoms with E-state index in [2.05, 4.69) is 15.9 Å². The third kappa shape index (κ3) is 2.02. The van der Waals surface area contributed by atoms with Crippen LogP contribution in [0.2, 0.25) is 0 Å². The summed E-state index contributed by atoms with van der Waals surface area (Å²) in [6, 6.07) is 4.80. The standard InChI is InChI=1S/C9H9BrN2O2S2/c10-8-3-4-9(15-8)16(13,14)12-5-1-2-7(12)6-11/h3-4,7H,1-2,5H2. The highest BCUT2D eigenvalue weighted by Gasteiger charge is 2.36. The molecular formula is C9H9BrN2O2S2. The molecule has 0 N–H and O–H groups in total. The SMILES string of the molecule is N#CC1CCCN1S(=O)(=O)c1ccc(Br)s1. The van der Waals surface area contributed by atoms with Crippen LogP contribution in [-0.4, -0.2) is 25.3 Å². The molecule has 1 unspecified atom stereocenters. The lowest BCUT2D eigenvalue weighted by Crippen LogP contribution is -2.34. The van der Waals surface area contributed by atoms with Crippen molar-refractivity contribution in [2.45, 2.75) is 23.1 Å². The maximum Gasteiger partial charge on any atom is 0.253 e. The van der Waals surface area contributed by atoms with Gasteiger partial charge in [0.25, 0.3) is 10.0 Å². The van der Waals surface area contributed by atoms with Gasteiger partial charge in [-0.3, -0.25) is 0 Å². The van der Waals surface area contributed by atoms with Gasteiger partial charge in [0, 0.05) is 6.54 Å². The topological polar surface area (TPSA) is 61.2 Å². The molecule has 0 saturated carbocycles. The van der Waals surface area contributed by atoms with Crippen LogP contribution in [0.15, 0.2) is 20.1 Å². The molecular weight excluding hydrogens is 312 g/mol. The molecule has 1 saturated heterocycles. The Bertz CT molecular complexity index is 532. The highest BCUT2D eigenvalue weighted by Crippen LogP contribution is 2.31. The number of hydrogen-bond acceptors (Lipinski definition) is 4. The second-order valence-electron chi connectivity index (χ2n) is 3.46. The second-order valence-corrected chi connectivity index (χ2v) is 8.04. The van der Waals surface area contributed by atoms with E-state index in [1.807, 2.05) is 6.07 Å². The van der Waals surface area contributed by atoms with Crippen LogP contribution in [0.25, 0.3) is 0 Å². The monoisotopic (exact) mass is 320 g/mol. The summed E-state index contributed by atoms with van der Waals surface area (Å²) in [6.45, 7) is 0.441. The fourth-order valence-corrected chi connectivity index (χ4v) is 5.46. The van der Waals surface area contributed by atoms with Gasteiger partial charge in [0.05, 0.1) is 9.86 Å². The summed E-state index contributed by atoms with van der Waals surface area (Å²) in [4.78, 5) is 0. The van der Waals surface area contributed by atoms with Gasteiger partial charge >= 0.3 is 0 Å². The average molecular weight is 321 g/mol. The molecule has 86 valence electrons. The summed E-state index contributed by atoms with van der Waals surface area (Å²) >= 11 is 4.41. The summed E-state index contributed by atoms with van der Waals surface area (Å²) < 4.78 is 26.7. The number of nitrogens with zero attached hydrogens (tertiary/aromatic N) is 2.